The lowest BCUT2D eigenvalue weighted by molar-refractivity contribution is 0.156. The van der Waals surface area contributed by atoms with Crippen LogP contribution in [0.15, 0.2) is 12.1 Å². The van der Waals surface area contributed by atoms with Gasteiger partial charge in [-0.2, -0.15) is 0 Å². The van der Waals surface area contributed by atoms with Gasteiger partial charge in [0.2, 0.25) is 0 Å². The number of ether oxygens (including phenoxy) is 2. The van der Waals surface area contributed by atoms with Crippen LogP contribution in [0.1, 0.15) is 12.8 Å². The highest BCUT2D eigenvalue weighted by Gasteiger charge is 2.35. The van der Waals surface area contributed by atoms with E-state index in [-0.39, 0.29) is 0 Å². The summed E-state index contributed by atoms with van der Waals surface area (Å²) in [6.07, 6.45) is 2.30. The van der Waals surface area contributed by atoms with E-state index in [4.69, 9.17) is 15.2 Å². The number of methoxy groups -OCH3 is 1. The first-order chi connectivity index (χ1) is 11.1. The summed E-state index contributed by atoms with van der Waals surface area (Å²) in [5.74, 6) is 1.60. The molecule has 0 unspecified atom stereocenters. The van der Waals surface area contributed by atoms with Crippen LogP contribution in [0, 0.1) is 0 Å². The summed E-state index contributed by atoms with van der Waals surface area (Å²) in [6.45, 7) is 3.88. The van der Waals surface area contributed by atoms with Crippen molar-refractivity contribution in [2.75, 3.05) is 58.1 Å². The van der Waals surface area contributed by atoms with Crippen LogP contribution in [0.4, 0.5) is 11.4 Å². The van der Waals surface area contributed by atoms with Gasteiger partial charge < -0.3 is 30.3 Å². The summed E-state index contributed by atoms with van der Waals surface area (Å²) in [6, 6.07) is 4.94. The Labute approximate surface area is 138 Å². The lowest BCUT2D eigenvalue weighted by Crippen LogP contribution is -2.53. The number of fused-ring (bicyclic) bond motifs is 3. The Morgan fingerprint density at radius 1 is 1.48 bits per heavy atom. The SMILES string of the molecule is CNCCN(C)[C@H]1CCN2c3cc(OC)c(N)cc3OC[C@H]2C1. The van der Waals surface area contributed by atoms with Gasteiger partial charge in [0.05, 0.1) is 24.5 Å². The molecule has 0 spiro atoms. The first kappa shape index (κ1) is 16.2. The normalized spacial score (nSPS) is 23.2. The number of hydrogen-bond acceptors (Lipinski definition) is 6. The Morgan fingerprint density at radius 2 is 2.30 bits per heavy atom. The highest BCUT2D eigenvalue weighted by molar-refractivity contribution is 5.71. The van der Waals surface area contributed by atoms with E-state index in [0.29, 0.717) is 17.8 Å². The molecule has 23 heavy (non-hydrogen) atoms. The quantitative estimate of drug-likeness (QED) is 0.794. The number of benzene rings is 1. The molecule has 0 aromatic heterocycles. The van der Waals surface area contributed by atoms with Gasteiger partial charge in [0.25, 0.3) is 0 Å². The van der Waals surface area contributed by atoms with Gasteiger partial charge in [-0.3, -0.25) is 0 Å². The molecular weight excluding hydrogens is 292 g/mol. The fourth-order valence-electron chi connectivity index (χ4n) is 3.64. The topological polar surface area (TPSA) is 63.0 Å². The predicted molar refractivity (Wildman–Crippen MR) is 93.6 cm³/mol. The van der Waals surface area contributed by atoms with Gasteiger partial charge in [0.1, 0.15) is 18.1 Å². The molecule has 0 saturated carbocycles. The number of nitrogen functional groups attached to an aromatic ring is 1. The van der Waals surface area contributed by atoms with Crippen LogP contribution in [0.2, 0.25) is 0 Å². The number of hydrogen-bond donors (Lipinski definition) is 2. The summed E-state index contributed by atoms with van der Waals surface area (Å²) in [5, 5.41) is 3.22. The fourth-order valence-corrected chi connectivity index (χ4v) is 3.64. The second kappa shape index (κ2) is 6.84. The van der Waals surface area contributed by atoms with E-state index in [1.807, 2.05) is 19.2 Å². The largest absolute Gasteiger partial charge is 0.495 e. The molecule has 2 aliphatic heterocycles. The van der Waals surface area contributed by atoms with E-state index in [9.17, 15) is 0 Å². The maximum Gasteiger partial charge on any atom is 0.145 e. The van der Waals surface area contributed by atoms with E-state index < -0.39 is 0 Å². The fraction of sp³-hybridized carbons (Fsp3) is 0.647. The molecule has 0 bridgehead atoms. The van der Waals surface area contributed by atoms with Crippen molar-refractivity contribution in [3.63, 3.8) is 0 Å². The Bertz CT molecular complexity index is 552. The van der Waals surface area contributed by atoms with E-state index in [1.54, 1.807) is 7.11 Å². The van der Waals surface area contributed by atoms with Crippen LogP contribution in [-0.4, -0.2) is 64.4 Å². The lowest BCUT2D eigenvalue weighted by Gasteiger charge is -2.46. The van der Waals surface area contributed by atoms with Gasteiger partial charge in [-0.25, -0.2) is 0 Å². The number of piperidine rings is 1. The average molecular weight is 320 g/mol. The summed E-state index contributed by atoms with van der Waals surface area (Å²) in [4.78, 5) is 4.93. The highest BCUT2D eigenvalue weighted by atomic mass is 16.5. The number of nitrogens with zero attached hydrogens (tertiary/aromatic N) is 2. The molecule has 1 aromatic carbocycles. The van der Waals surface area contributed by atoms with Gasteiger partial charge in [0, 0.05) is 37.8 Å². The lowest BCUT2D eigenvalue weighted by atomic mass is 9.94. The minimum atomic E-state index is 0.423. The maximum absolute atomic E-state index is 6.00. The third kappa shape index (κ3) is 3.19. The molecule has 0 radical (unpaired) electrons. The van der Waals surface area contributed by atoms with Crippen LogP contribution >= 0.6 is 0 Å². The van der Waals surface area contributed by atoms with Gasteiger partial charge in [0.15, 0.2) is 0 Å². The third-order valence-electron chi connectivity index (χ3n) is 5.08. The number of nitrogens with two attached hydrogens (primary N) is 1. The minimum Gasteiger partial charge on any atom is -0.495 e. The van der Waals surface area contributed by atoms with Crippen LogP contribution in [0.3, 0.4) is 0 Å². The van der Waals surface area contributed by atoms with E-state index in [0.717, 1.165) is 49.8 Å². The minimum absolute atomic E-state index is 0.423. The first-order valence-electron chi connectivity index (χ1n) is 8.35. The average Bonchev–Trinajstić information content (AvgIpc) is 2.58. The molecule has 1 saturated heterocycles. The predicted octanol–water partition coefficient (Wildman–Crippen LogP) is 1.16. The van der Waals surface area contributed by atoms with Crippen molar-refractivity contribution in [1.82, 2.24) is 10.2 Å². The molecule has 2 atom stereocenters. The second-order valence-electron chi connectivity index (χ2n) is 6.48. The number of rotatable bonds is 5. The van der Waals surface area contributed by atoms with Crippen LogP contribution in [-0.2, 0) is 0 Å². The van der Waals surface area contributed by atoms with Crippen molar-refractivity contribution in [1.29, 1.82) is 0 Å². The van der Waals surface area contributed by atoms with Crippen LogP contribution in [0.25, 0.3) is 0 Å². The van der Waals surface area contributed by atoms with Gasteiger partial charge in [-0.1, -0.05) is 0 Å². The molecule has 1 fully saturated rings. The summed E-state index contributed by atoms with van der Waals surface area (Å²) >= 11 is 0. The molecule has 6 nitrogen and oxygen atoms in total. The molecular formula is C17H28N4O2. The molecule has 2 aliphatic rings. The van der Waals surface area contributed by atoms with Gasteiger partial charge in [-0.15, -0.1) is 0 Å². The summed E-state index contributed by atoms with van der Waals surface area (Å²) in [7, 11) is 5.88. The smallest absolute Gasteiger partial charge is 0.145 e. The highest BCUT2D eigenvalue weighted by Crippen LogP contribution is 2.42. The first-order valence-corrected chi connectivity index (χ1v) is 8.35. The maximum atomic E-state index is 6.00. The molecule has 3 rings (SSSR count). The molecule has 128 valence electrons. The van der Waals surface area contributed by atoms with Crippen LogP contribution < -0.4 is 25.4 Å². The van der Waals surface area contributed by atoms with Crippen molar-refractivity contribution in [3.8, 4) is 11.5 Å². The van der Waals surface area contributed by atoms with Crippen molar-refractivity contribution in [3.05, 3.63) is 12.1 Å². The molecule has 6 heteroatoms. The Morgan fingerprint density at radius 3 is 3.04 bits per heavy atom. The molecule has 3 N–H and O–H groups in total. The molecule has 0 amide bonds. The Kier molecular flexibility index (Phi) is 4.82. The Balaban J connectivity index is 1.74. The zero-order valence-electron chi connectivity index (χ0n) is 14.3. The monoisotopic (exact) mass is 320 g/mol. The number of likely N-dealkylation sites (N-methyl/N-ethyl adjacent to an activating group) is 2. The second-order valence-corrected chi connectivity index (χ2v) is 6.48. The van der Waals surface area contributed by atoms with Gasteiger partial charge in [-0.05, 0) is 26.9 Å². The zero-order valence-corrected chi connectivity index (χ0v) is 14.3. The van der Waals surface area contributed by atoms with E-state index in [1.165, 1.54) is 6.42 Å². The van der Waals surface area contributed by atoms with Crippen molar-refractivity contribution >= 4 is 11.4 Å². The van der Waals surface area contributed by atoms with Crippen molar-refractivity contribution in [2.45, 2.75) is 24.9 Å². The Hall–Kier alpha value is -1.66. The summed E-state index contributed by atoms with van der Waals surface area (Å²) in [5.41, 5.74) is 7.74. The van der Waals surface area contributed by atoms with Crippen molar-refractivity contribution < 1.29 is 9.47 Å². The van der Waals surface area contributed by atoms with E-state index in [2.05, 4.69) is 22.2 Å². The van der Waals surface area contributed by atoms with Crippen molar-refractivity contribution in [2.24, 2.45) is 0 Å². The standard InChI is InChI=1S/C17H28N4O2/c1-19-5-7-20(2)12-4-6-21-13(8-12)11-23-17-9-14(18)16(22-3)10-15(17)21/h9-10,12-13,19H,4-8,11,18H2,1-3H3/t12-,13+/m0/s1. The summed E-state index contributed by atoms with van der Waals surface area (Å²) < 4.78 is 11.3. The number of anilines is 2. The van der Waals surface area contributed by atoms with Crippen LogP contribution in [0.5, 0.6) is 11.5 Å². The number of nitrogens with one attached hydrogen (secondary N) is 1. The molecule has 2 heterocycles. The third-order valence-corrected chi connectivity index (χ3v) is 5.08. The molecule has 0 aliphatic carbocycles. The van der Waals surface area contributed by atoms with Gasteiger partial charge >= 0.3 is 0 Å². The zero-order chi connectivity index (χ0) is 16.4. The van der Waals surface area contributed by atoms with E-state index >= 15 is 0 Å². The molecule has 1 aromatic rings.